The summed E-state index contributed by atoms with van der Waals surface area (Å²) in [5.41, 5.74) is 4.77. The molecule has 4 nitrogen and oxygen atoms in total. The van der Waals surface area contributed by atoms with Crippen molar-refractivity contribution in [2.75, 3.05) is 6.61 Å². The van der Waals surface area contributed by atoms with Gasteiger partial charge in [-0.15, -0.1) is 0 Å². The SMILES string of the molecule is NC(CO)[13C](=[18O])[18OH]. The highest BCUT2D eigenvalue weighted by molar-refractivity contribution is 5.73. The number of aliphatic carboxylic acids is 1. The minimum absolute atomic E-state index is 0.505. The average Bonchev–Trinajstić information content (AvgIpc) is 1.65. The van der Waals surface area contributed by atoms with Crippen LogP contribution in [-0.2, 0) is 4.79 Å². The number of hydrogen-bond acceptors (Lipinski definition) is 3. The molecule has 4 N–H and O–H groups in total. The Bertz CT molecular complexity index is 72.6. The highest BCUT2D eigenvalue weighted by Gasteiger charge is 2.06. The van der Waals surface area contributed by atoms with Crippen molar-refractivity contribution in [3.8, 4) is 0 Å². The average molecular weight is 110 g/mol. The second-order valence-electron chi connectivity index (χ2n) is 1.13. The van der Waals surface area contributed by atoms with Crippen molar-refractivity contribution >= 4 is 5.97 Å². The second-order valence-corrected chi connectivity index (χ2v) is 1.13. The largest absolute Gasteiger partial charge is 0.480 e. The number of nitrogens with two attached hydrogens (primary N) is 1. The monoisotopic (exact) mass is 110 g/mol. The molecule has 0 aliphatic carbocycles. The lowest BCUT2D eigenvalue weighted by atomic mass is 10.5. The second kappa shape index (κ2) is 2.54. The zero-order valence-electron chi connectivity index (χ0n) is 3.66. The fraction of sp³-hybridized carbons (Fsp3) is 0.667. The van der Waals surface area contributed by atoms with E-state index in [-0.39, 0.29) is 0 Å². The molecule has 0 saturated heterocycles. The summed E-state index contributed by atoms with van der Waals surface area (Å²) in [6.45, 7) is -0.505. The minimum Gasteiger partial charge on any atom is -0.480 e. The van der Waals surface area contributed by atoms with Crippen LogP contribution in [0.15, 0.2) is 0 Å². The number of aliphatic hydroxyl groups is 1. The van der Waals surface area contributed by atoms with Crippen LogP contribution in [0.3, 0.4) is 0 Å². The number of carboxylic acids is 1. The van der Waals surface area contributed by atoms with Gasteiger partial charge >= 0.3 is 5.97 Å². The zero-order valence-corrected chi connectivity index (χ0v) is 3.66. The maximum Gasteiger partial charge on any atom is 0.322 e. The van der Waals surface area contributed by atoms with E-state index in [1.165, 1.54) is 0 Å². The van der Waals surface area contributed by atoms with Crippen LogP contribution in [-0.4, -0.2) is 28.8 Å². The van der Waals surface area contributed by atoms with Crippen LogP contribution in [0.5, 0.6) is 0 Å². The van der Waals surface area contributed by atoms with Gasteiger partial charge in [-0.05, 0) is 0 Å². The molecule has 7 heavy (non-hydrogen) atoms. The Hall–Kier alpha value is -0.610. The fourth-order valence-electron chi connectivity index (χ4n) is 0.0781. The van der Waals surface area contributed by atoms with Gasteiger partial charge in [0.2, 0.25) is 0 Å². The Labute approximate surface area is 40.6 Å². The molecule has 1 unspecified atom stereocenters. The summed E-state index contributed by atoms with van der Waals surface area (Å²) in [6, 6.07) is -1.13. The predicted molar refractivity (Wildman–Crippen MR) is 22.7 cm³/mol. The molecule has 0 aliphatic heterocycles. The molecular formula is C3H7NO3. The molecule has 0 saturated carbocycles. The molecular weight excluding hydrogens is 103 g/mol. The third-order valence-corrected chi connectivity index (χ3v) is 0.514. The minimum atomic E-state index is -1.18. The summed E-state index contributed by atoms with van der Waals surface area (Å²) in [7, 11) is 0. The first kappa shape index (κ1) is 6.39. The van der Waals surface area contributed by atoms with Gasteiger partial charge in [0, 0.05) is 0 Å². The molecule has 0 aromatic rings. The molecule has 1 atom stereocenters. The van der Waals surface area contributed by atoms with Gasteiger partial charge in [-0.3, -0.25) is 4.79 Å². The van der Waals surface area contributed by atoms with E-state index in [2.05, 4.69) is 0 Å². The topological polar surface area (TPSA) is 83.5 Å². The lowest BCUT2D eigenvalue weighted by Gasteiger charge is -1.96. The number of aliphatic hydroxyl groups excluding tert-OH is 1. The summed E-state index contributed by atoms with van der Waals surface area (Å²) in [5, 5.41) is 15.9. The van der Waals surface area contributed by atoms with Gasteiger partial charge in [-0.2, -0.15) is 0 Å². The summed E-state index contributed by atoms with van der Waals surface area (Å²) in [5.74, 6) is -1.18. The van der Waals surface area contributed by atoms with Gasteiger partial charge < -0.3 is 15.9 Å². The highest BCUT2D eigenvalue weighted by Crippen LogP contribution is 1.71. The first-order valence-electron chi connectivity index (χ1n) is 1.77. The van der Waals surface area contributed by atoms with Crippen LogP contribution in [0.25, 0.3) is 0 Å². The Kier molecular flexibility index (Phi) is 2.32. The van der Waals surface area contributed by atoms with Gasteiger partial charge in [0.15, 0.2) is 0 Å². The number of rotatable bonds is 2. The van der Waals surface area contributed by atoms with Gasteiger partial charge in [0.25, 0.3) is 0 Å². The van der Waals surface area contributed by atoms with Crippen LogP contribution in [0.2, 0.25) is 0 Å². The molecule has 4 heteroatoms. The predicted octanol–water partition coefficient (Wildman–Crippen LogP) is -1.61. The third kappa shape index (κ3) is 2.13. The number of carboxylic acid groups (broad SMARTS) is 1. The quantitative estimate of drug-likeness (QED) is 0.295. The van der Waals surface area contributed by atoms with Crippen LogP contribution < -0.4 is 5.73 Å². The van der Waals surface area contributed by atoms with Gasteiger partial charge in [-0.25, -0.2) is 0 Å². The van der Waals surface area contributed by atoms with Crippen molar-refractivity contribution < 1.29 is 15.0 Å². The summed E-state index contributed by atoms with van der Waals surface area (Å²) < 4.78 is 0. The summed E-state index contributed by atoms with van der Waals surface area (Å²) in [4.78, 5) is 9.65. The van der Waals surface area contributed by atoms with Crippen molar-refractivity contribution in [1.29, 1.82) is 0 Å². The number of carbonyl (C=O) groups is 1. The molecule has 42 valence electrons. The van der Waals surface area contributed by atoms with E-state index in [1.54, 1.807) is 0 Å². The van der Waals surface area contributed by atoms with Crippen molar-refractivity contribution in [3.63, 3.8) is 0 Å². The van der Waals surface area contributed by atoms with Gasteiger partial charge in [0.05, 0.1) is 6.61 Å². The molecule has 0 heterocycles. The maximum absolute atomic E-state index is 9.65. The van der Waals surface area contributed by atoms with Crippen LogP contribution in [0, 0.1) is 0 Å². The van der Waals surface area contributed by atoms with E-state index >= 15 is 0 Å². The molecule has 0 spiro atoms. The van der Waals surface area contributed by atoms with E-state index in [1.807, 2.05) is 0 Å². The number of hydrogen-bond donors (Lipinski definition) is 3. The first-order chi connectivity index (χ1) is 3.18. The summed E-state index contributed by atoms with van der Waals surface area (Å²) in [6.07, 6.45) is 0. The maximum atomic E-state index is 9.65. The molecule has 0 fully saturated rings. The zero-order chi connectivity index (χ0) is 5.86. The van der Waals surface area contributed by atoms with Crippen LogP contribution >= 0.6 is 0 Å². The lowest BCUT2D eigenvalue weighted by molar-refractivity contribution is -0.139. The molecule has 0 aliphatic rings. The Morgan fingerprint density at radius 2 is 2.43 bits per heavy atom. The molecule has 0 aromatic heterocycles. The Balaban J connectivity index is 3.34. The third-order valence-electron chi connectivity index (χ3n) is 0.514. The summed E-state index contributed by atoms with van der Waals surface area (Å²) >= 11 is 0. The molecule has 0 amide bonds. The molecule has 0 aromatic carbocycles. The van der Waals surface area contributed by atoms with E-state index in [4.69, 9.17) is 15.9 Å². The van der Waals surface area contributed by atoms with Crippen LogP contribution in [0.4, 0.5) is 0 Å². The molecule has 0 rings (SSSR count). The molecule has 0 bridgehead atoms. The normalized spacial score (nSPS) is 13.4. The smallest absolute Gasteiger partial charge is 0.322 e. The Morgan fingerprint density at radius 3 is 2.43 bits per heavy atom. The standard InChI is InChI=1S/C3H7NO3/c4-2(1-5)3(6)7/h2,5H,1,4H2,(H,6,7)/i3+1,6+2,7+2. The van der Waals surface area contributed by atoms with Crippen LogP contribution in [0.1, 0.15) is 0 Å². The first-order valence-corrected chi connectivity index (χ1v) is 1.77. The van der Waals surface area contributed by atoms with E-state index in [9.17, 15) is 4.79 Å². The van der Waals surface area contributed by atoms with Crippen molar-refractivity contribution in [2.24, 2.45) is 5.73 Å². The van der Waals surface area contributed by atoms with Crippen molar-refractivity contribution in [3.05, 3.63) is 0 Å². The van der Waals surface area contributed by atoms with Gasteiger partial charge in [0.1, 0.15) is 6.04 Å². The van der Waals surface area contributed by atoms with Crippen molar-refractivity contribution in [2.45, 2.75) is 6.04 Å². The van der Waals surface area contributed by atoms with Crippen molar-refractivity contribution in [1.82, 2.24) is 0 Å². The van der Waals surface area contributed by atoms with Gasteiger partial charge in [-0.1, -0.05) is 0 Å². The lowest BCUT2D eigenvalue weighted by Crippen LogP contribution is -2.33. The molecule has 0 radical (unpaired) electrons. The van der Waals surface area contributed by atoms with E-state index in [0.717, 1.165) is 0 Å². The van der Waals surface area contributed by atoms with E-state index < -0.39 is 18.6 Å². The Morgan fingerprint density at radius 1 is 2.00 bits per heavy atom. The van der Waals surface area contributed by atoms with E-state index in [0.29, 0.717) is 0 Å². The fourth-order valence-corrected chi connectivity index (χ4v) is 0.0781. The highest BCUT2D eigenvalue weighted by atomic mass is 18.3.